The Hall–Kier alpha value is -2.37. The van der Waals surface area contributed by atoms with E-state index >= 15 is 0 Å². The average Bonchev–Trinajstić information content (AvgIpc) is 3.28. The highest BCUT2D eigenvalue weighted by atomic mass is 16.2. The van der Waals surface area contributed by atoms with Crippen LogP contribution in [0.15, 0.2) is 24.3 Å². The Kier molecular flexibility index (Phi) is 5.14. The van der Waals surface area contributed by atoms with Gasteiger partial charge in [-0.15, -0.1) is 0 Å². The second-order valence-corrected chi connectivity index (χ2v) is 5.46. The Morgan fingerprint density at radius 3 is 2.27 bits per heavy atom. The summed E-state index contributed by atoms with van der Waals surface area (Å²) in [5, 5.41) is 5.53. The summed E-state index contributed by atoms with van der Waals surface area (Å²) in [6, 6.07) is 7.04. The van der Waals surface area contributed by atoms with E-state index in [9.17, 15) is 14.4 Å². The number of rotatable bonds is 6. The van der Waals surface area contributed by atoms with Crippen molar-refractivity contribution in [3.8, 4) is 0 Å². The van der Waals surface area contributed by atoms with Gasteiger partial charge in [0.2, 0.25) is 17.7 Å². The molecule has 0 aliphatic heterocycles. The summed E-state index contributed by atoms with van der Waals surface area (Å²) in [6.45, 7) is 3.79. The molecule has 6 nitrogen and oxygen atoms in total. The molecule has 1 fully saturated rings. The lowest BCUT2D eigenvalue weighted by Gasteiger charge is -2.21. The van der Waals surface area contributed by atoms with Gasteiger partial charge in [0.1, 0.15) is 0 Å². The summed E-state index contributed by atoms with van der Waals surface area (Å²) in [7, 11) is 0. The number of amides is 3. The molecule has 2 N–H and O–H groups in total. The van der Waals surface area contributed by atoms with E-state index in [2.05, 4.69) is 10.6 Å². The van der Waals surface area contributed by atoms with Crippen molar-refractivity contribution in [3.05, 3.63) is 24.3 Å². The molecule has 6 heteroatoms. The fraction of sp³-hybridized carbons (Fsp3) is 0.438. The Morgan fingerprint density at radius 2 is 1.77 bits per heavy atom. The maximum Gasteiger partial charge on any atom is 0.223 e. The lowest BCUT2D eigenvalue weighted by atomic mass is 10.2. The van der Waals surface area contributed by atoms with E-state index in [1.165, 1.54) is 13.8 Å². The molecule has 2 rings (SSSR count). The van der Waals surface area contributed by atoms with Crippen LogP contribution >= 0.6 is 0 Å². The van der Waals surface area contributed by atoms with Gasteiger partial charge in [0.25, 0.3) is 0 Å². The molecule has 1 aromatic carbocycles. The Bertz CT molecular complexity index is 565. The van der Waals surface area contributed by atoms with Crippen LogP contribution in [0.25, 0.3) is 0 Å². The van der Waals surface area contributed by atoms with Crippen LogP contribution < -0.4 is 15.5 Å². The van der Waals surface area contributed by atoms with E-state index < -0.39 is 0 Å². The number of hydrogen-bond acceptors (Lipinski definition) is 3. The molecule has 1 aromatic rings. The summed E-state index contributed by atoms with van der Waals surface area (Å²) in [4.78, 5) is 35.9. The van der Waals surface area contributed by atoms with Gasteiger partial charge in [-0.3, -0.25) is 14.4 Å². The van der Waals surface area contributed by atoms with Gasteiger partial charge in [0.05, 0.1) is 0 Å². The first-order valence-corrected chi connectivity index (χ1v) is 7.41. The highest BCUT2D eigenvalue weighted by molar-refractivity contribution is 5.93. The van der Waals surface area contributed by atoms with Crippen LogP contribution in [0.1, 0.15) is 26.7 Å². The summed E-state index contributed by atoms with van der Waals surface area (Å²) >= 11 is 0. The van der Waals surface area contributed by atoms with E-state index in [1.807, 2.05) is 0 Å². The van der Waals surface area contributed by atoms with E-state index in [0.29, 0.717) is 18.8 Å². The molecule has 0 bridgehead atoms. The number of benzene rings is 1. The molecule has 0 heterocycles. The SMILES string of the molecule is CC(=O)Nc1ccc(N(CCNC(=O)C2CC2)C(C)=O)cc1. The van der Waals surface area contributed by atoms with Crippen LogP contribution in [-0.2, 0) is 14.4 Å². The minimum atomic E-state index is -0.140. The molecular weight excluding hydrogens is 282 g/mol. The molecular formula is C16H21N3O3. The first-order chi connectivity index (χ1) is 10.5. The van der Waals surface area contributed by atoms with Crippen LogP contribution in [0.4, 0.5) is 11.4 Å². The summed E-state index contributed by atoms with van der Waals surface area (Å²) < 4.78 is 0. The molecule has 3 amide bonds. The Morgan fingerprint density at radius 1 is 1.14 bits per heavy atom. The van der Waals surface area contributed by atoms with E-state index in [4.69, 9.17) is 0 Å². The molecule has 0 spiro atoms. The third-order valence-electron chi connectivity index (χ3n) is 3.46. The van der Waals surface area contributed by atoms with Crippen molar-refractivity contribution in [1.82, 2.24) is 5.32 Å². The monoisotopic (exact) mass is 303 g/mol. The van der Waals surface area contributed by atoms with E-state index in [0.717, 1.165) is 18.5 Å². The van der Waals surface area contributed by atoms with Crippen molar-refractivity contribution in [2.24, 2.45) is 5.92 Å². The molecule has 1 aliphatic rings. The first-order valence-electron chi connectivity index (χ1n) is 7.41. The number of carbonyl (C=O) groups is 3. The quantitative estimate of drug-likeness (QED) is 0.836. The van der Waals surface area contributed by atoms with Crippen molar-refractivity contribution < 1.29 is 14.4 Å². The topological polar surface area (TPSA) is 78.5 Å². The number of hydrogen-bond donors (Lipinski definition) is 2. The number of nitrogens with zero attached hydrogens (tertiary/aromatic N) is 1. The molecule has 0 radical (unpaired) electrons. The Balaban J connectivity index is 1.93. The van der Waals surface area contributed by atoms with Crippen molar-refractivity contribution in [2.45, 2.75) is 26.7 Å². The van der Waals surface area contributed by atoms with Gasteiger partial charge < -0.3 is 15.5 Å². The smallest absolute Gasteiger partial charge is 0.223 e. The predicted molar refractivity (Wildman–Crippen MR) is 84.5 cm³/mol. The number of carbonyl (C=O) groups excluding carboxylic acids is 3. The average molecular weight is 303 g/mol. The lowest BCUT2D eigenvalue weighted by Crippen LogP contribution is -2.38. The fourth-order valence-electron chi connectivity index (χ4n) is 2.18. The lowest BCUT2D eigenvalue weighted by molar-refractivity contribution is -0.122. The Labute approximate surface area is 129 Å². The highest BCUT2D eigenvalue weighted by Crippen LogP contribution is 2.28. The van der Waals surface area contributed by atoms with Crippen molar-refractivity contribution in [3.63, 3.8) is 0 Å². The van der Waals surface area contributed by atoms with Gasteiger partial charge in [0.15, 0.2) is 0 Å². The van der Waals surface area contributed by atoms with Crippen molar-refractivity contribution in [1.29, 1.82) is 0 Å². The largest absolute Gasteiger partial charge is 0.354 e. The maximum atomic E-state index is 11.8. The summed E-state index contributed by atoms with van der Waals surface area (Å²) in [5.41, 5.74) is 1.42. The molecule has 0 aromatic heterocycles. The van der Waals surface area contributed by atoms with E-state index in [-0.39, 0.29) is 23.6 Å². The molecule has 0 saturated heterocycles. The van der Waals surface area contributed by atoms with Gasteiger partial charge in [-0.1, -0.05) is 0 Å². The third-order valence-corrected chi connectivity index (χ3v) is 3.46. The third kappa shape index (κ3) is 4.58. The molecule has 0 atom stereocenters. The van der Waals surface area contributed by atoms with Crippen LogP contribution in [0, 0.1) is 5.92 Å². The van der Waals surface area contributed by atoms with Crippen LogP contribution in [0.2, 0.25) is 0 Å². The summed E-state index contributed by atoms with van der Waals surface area (Å²) in [5.74, 6) is 0.0131. The number of nitrogens with one attached hydrogen (secondary N) is 2. The van der Waals surface area contributed by atoms with Gasteiger partial charge in [0, 0.05) is 44.2 Å². The molecule has 22 heavy (non-hydrogen) atoms. The standard InChI is InChI=1S/C16H21N3O3/c1-11(20)18-14-5-7-15(8-6-14)19(12(2)21)10-9-17-16(22)13-3-4-13/h5-8,13H,3-4,9-10H2,1-2H3,(H,17,22)(H,18,20). The second-order valence-electron chi connectivity index (χ2n) is 5.46. The summed E-state index contributed by atoms with van der Waals surface area (Å²) in [6.07, 6.45) is 1.93. The van der Waals surface area contributed by atoms with Crippen LogP contribution in [0.5, 0.6) is 0 Å². The van der Waals surface area contributed by atoms with Crippen LogP contribution in [-0.4, -0.2) is 30.8 Å². The zero-order chi connectivity index (χ0) is 16.1. The number of anilines is 2. The maximum absolute atomic E-state index is 11.8. The van der Waals surface area contributed by atoms with Gasteiger partial charge in [-0.2, -0.15) is 0 Å². The van der Waals surface area contributed by atoms with Gasteiger partial charge in [-0.05, 0) is 37.1 Å². The normalized spacial score (nSPS) is 13.4. The molecule has 0 unspecified atom stereocenters. The second kappa shape index (κ2) is 7.06. The zero-order valence-corrected chi connectivity index (χ0v) is 12.9. The predicted octanol–water partition coefficient (Wildman–Crippen LogP) is 1.52. The van der Waals surface area contributed by atoms with Gasteiger partial charge >= 0.3 is 0 Å². The minimum absolute atomic E-state index is 0.0736. The molecule has 1 aliphatic carbocycles. The van der Waals surface area contributed by atoms with Crippen molar-refractivity contribution in [2.75, 3.05) is 23.3 Å². The first kappa shape index (κ1) is 16.0. The van der Waals surface area contributed by atoms with Crippen molar-refractivity contribution >= 4 is 29.1 Å². The molecule has 118 valence electrons. The highest BCUT2D eigenvalue weighted by Gasteiger charge is 2.29. The fourth-order valence-corrected chi connectivity index (χ4v) is 2.18. The van der Waals surface area contributed by atoms with E-state index in [1.54, 1.807) is 29.2 Å². The van der Waals surface area contributed by atoms with Crippen LogP contribution in [0.3, 0.4) is 0 Å². The van der Waals surface area contributed by atoms with Gasteiger partial charge in [-0.25, -0.2) is 0 Å². The molecule has 1 saturated carbocycles. The minimum Gasteiger partial charge on any atom is -0.354 e. The zero-order valence-electron chi connectivity index (χ0n) is 12.9.